The second kappa shape index (κ2) is 8.10. The Morgan fingerprint density at radius 1 is 1.10 bits per heavy atom. The highest BCUT2D eigenvalue weighted by Gasteiger charge is 2.35. The average Bonchev–Trinajstić information content (AvgIpc) is 2.77. The zero-order chi connectivity index (χ0) is 22.3. The Bertz CT molecular complexity index is 1210. The van der Waals surface area contributed by atoms with Crippen LogP contribution in [-0.4, -0.2) is 36.6 Å². The molecule has 1 aromatic heterocycles. The summed E-state index contributed by atoms with van der Waals surface area (Å²) in [6.07, 6.45) is 0.690. The summed E-state index contributed by atoms with van der Waals surface area (Å²) in [7, 11) is 3.19. The molecule has 0 fully saturated rings. The number of aromatic nitrogens is 1. The number of pyridine rings is 1. The Balaban J connectivity index is 1.98. The lowest BCUT2D eigenvalue weighted by Crippen LogP contribution is -2.44. The van der Waals surface area contributed by atoms with E-state index in [-0.39, 0.29) is 17.4 Å². The van der Waals surface area contributed by atoms with Gasteiger partial charge in [-0.2, -0.15) is 0 Å². The summed E-state index contributed by atoms with van der Waals surface area (Å²) in [6.45, 7) is 6.28. The maximum atomic E-state index is 13.3. The van der Waals surface area contributed by atoms with E-state index in [0.29, 0.717) is 30.0 Å². The number of para-hydroxylation sites is 1. The van der Waals surface area contributed by atoms with Crippen molar-refractivity contribution < 1.29 is 14.3 Å². The summed E-state index contributed by atoms with van der Waals surface area (Å²) >= 11 is 0. The van der Waals surface area contributed by atoms with E-state index in [0.717, 1.165) is 27.6 Å². The van der Waals surface area contributed by atoms with Gasteiger partial charge in [0.25, 0.3) is 5.56 Å². The van der Waals surface area contributed by atoms with Crippen LogP contribution in [0, 0.1) is 12.8 Å². The molecule has 0 unspecified atom stereocenters. The Kier molecular flexibility index (Phi) is 5.48. The second-order valence-electron chi connectivity index (χ2n) is 8.34. The van der Waals surface area contributed by atoms with E-state index in [1.54, 1.807) is 14.2 Å². The van der Waals surface area contributed by atoms with Crippen molar-refractivity contribution in [2.75, 3.05) is 20.8 Å². The van der Waals surface area contributed by atoms with Gasteiger partial charge >= 0.3 is 0 Å². The first kappa shape index (κ1) is 21.0. The standard InChI is InChI=1S/C25H28N2O4/c1-14(2)25(29)27-10-9-16-12-20(30-4)21(31-5)13-18(16)23(27)19-11-17-8-6-7-15(3)22(17)26-24(19)28/h6-8,11-14,23H,9-10H2,1-5H3,(H,26,28)/t23-/m0/s1. The van der Waals surface area contributed by atoms with Gasteiger partial charge in [0.15, 0.2) is 11.5 Å². The molecule has 1 aliphatic rings. The number of rotatable bonds is 4. The molecule has 0 bridgehead atoms. The van der Waals surface area contributed by atoms with E-state index < -0.39 is 6.04 Å². The van der Waals surface area contributed by atoms with Gasteiger partial charge in [0, 0.05) is 18.0 Å². The Hall–Kier alpha value is -3.28. The molecule has 0 aliphatic carbocycles. The SMILES string of the molecule is COc1cc2c(cc1OC)[C@@H](c1cc3cccc(C)c3[nH]c1=O)N(C(=O)C(C)C)CC2. The number of hydrogen-bond acceptors (Lipinski definition) is 4. The van der Waals surface area contributed by atoms with Gasteiger partial charge in [-0.05, 0) is 53.6 Å². The number of amides is 1. The van der Waals surface area contributed by atoms with E-state index in [2.05, 4.69) is 4.98 Å². The van der Waals surface area contributed by atoms with Crippen molar-refractivity contribution in [3.8, 4) is 11.5 Å². The summed E-state index contributed by atoms with van der Waals surface area (Å²) < 4.78 is 11.0. The summed E-state index contributed by atoms with van der Waals surface area (Å²) in [5.74, 6) is 1.07. The predicted molar refractivity (Wildman–Crippen MR) is 121 cm³/mol. The molecule has 162 valence electrons. The van der Waals surface area contributed by atoms with Crippen molar-refractivity contribution in [3.63, 3.8) is 0 Å². The van der Waals surface area contributed by atoms with Gasteiger partial charge < -0.3 is 19.4 Å². The highest BCUT2D eigenvalue weighted by atomic mass is 16.5. The molecular formula is C25H28N2O4. The molecule has 3 aromatic rings. The third-order valence-corrected chi connectivity index (χ3v) is 6.06. The fourth-order valence-electron chi connectivity index (χ4n) is 4.45. The Morgan fingerprint density at radius 3 is 2.48 bits per heavy atom. The van der Waals surface area contributed by atoms with Gasteiger partial charge in [-0.1, -0.05) is 32.0 Å². The van der Waals surface area contributed by atoms with Crippen LogP contribution in [0.3, 0.4) is 0 Å². The van der Waals surface area contributed by atoms with Crippen LogP contribution in [0.2, 0.25) is 0 Å². The van der Waals surface area contributed by atoms with Crippen LogP contribution in [0.15, 0.2) is 41.2 Å². The molecule has 31 heavy (non-hydrogen) atoms. The highest BCUT2D eigenvalue weighted by molar-refractivity contribution is 5.83. The maximum absolute atomic E-state index is 13.3. The van der Waals surface area contributed by atoms with Crippen molar-refractivity contribution >= 4 is 16.8 Å². The third kappa shape index (κ3) is 3.56. The van der Waals surface area contributed by atoms with Crippen LogP contribution in [0.4, 0.5) is 0 Å². The van der Waals surface area contributed by atoms with Gasteiger partial charge in [-0.25, -0.2) is 0 Å². The topological polar surface area (TPSA) is 71.6 Å². The Labute approximate surface area is 181 Å². The fourth-order valence-corrected chi connectivity index (χ4v) is 4.45. The summed E-state index contributed by atoms with van der Waals surface area (Å²) in [4.78, 5) is 31.3. The first-order valence-electron chi connectivity index (χ1n) is 10.5. The maximum Gasteiger partial charge on any atom is 0.254 e. The van der Waals surface area contributed by atoms with E-state index in [1.165, 1.54) is 0 Å². The smallest absolute Gasteiger partial charge is 0.254 e. The molecule has 6 heteroatoms. The first-order chi connectivity index (χ1) is 14.8. The van der Waals surface area contributed by atoms with E-state index in [4.69, 9.17) is 9.47 Å². The predicted octanol–water partition coefficient (Wildman–Crippen LogP) is 3.98. The number of ether oxygens (including phenoxy) is 2. The number of aromatic amines is 1. The minimum absolute atomic E-state index is 0.0224. The molecule has 2 heterocycles. The number of nitrogens with one attached hydrogen (secondary N) is 1. The normalized spacial score (nSPS) is 15.8. The second-order valence-corrected chi connectivity index (χ2v) is 8.34. The number of nitrogens with zero attached hydrogens (tertiary/aromatic N) is 1. The summed E-state index contributed by atoms with van der Waals surface area (Å²) in [6, 6.07) is 11.2. The fraction of sp³-hybridized carbons (Fsp3) is 0.360. The Morgan fingerprint density at radius 2 is 1.81 bits per heavy atom. The molecule has 0 saturated heterocycles. The van der Waals surface area contributed by atoms with Crippen LogP contribution in [-0.2, 0) is 11.2 Å². The molecule has 0 radical (unpaired) electrons. The largest absolute Gasteiger partial charge is 0.493 e. The van der Waals surface area contributed by atoms with Crippen LogP contribution in [0.5, 0.6) is 11.5 Å². The lowest BCUT2D eigenvalue weighted by molar-refractivity contribution is -0.136. The quantitative estimate of drug-likeness (QED) is 0.693. The van der Waals surface area contributed by atoms with E-state index >= 15 is 0 Å². The van der Waals surface area contributed by atoms with Gasteiger partial charge in [0.2, 0.25) is 5.91 Å². The van der Waals surface area contributed by atoms with Gasteiger partial charge in [0.1, 0.15) is 0 Å². The van der Waals surface area contributed by atoms with E-state index in [1.807, 2.05) is 62.1 Å². The molecule has 1 N–H and O–H groups in total. The molecule has 0 spiro atoms. The minimum Gasteiger partial charge on any atom is -0.493 e. The molecule has 2 aromatic carbocycles. The summed E-state index contributed by atoms with van der Waals surface area (Å²) in [5.41, 5.74) is 4.15. The van der Waals surface area contributed by atoms with Crippen LogP contribution in [0.1, 0.15) is 42.1 Å². The molecule has 4 rings (SSSR count). The van der Waals surface area contributed by atoms with Gasteiger partial charge in [-0.15, -0.1) is 0 Å². The van der Waals surface area contributed by atoms with Crippen molar-refractivity contribution in [2.45, 2.75) is 33.2 Å². The summed E-state index contributed by atoms with van der Waals surface area (Å²) in [5, 5.41) is 0.944. The molecule has 1 amide bonds. The number of carbonyl (C=O) groups is 1. The lowest BCUT2D eigenvalue weighted by Gasteiger charge is -2.38. The number of aryl methyl sites for hydroxylation is 1. The first-order valence-corrected chi connectivity index (χ1v) is 10.5. The third-order valence-electron chi connectivity index (χ3n) is 6.06. The minimum atomic E-state index is -0.493. The van der Waals surface area contributed by atoms with Crippen LogP contribution < -0.4 is 15.0 Å². The van der Waals surface area contributed by atoms with Crippen molar-refractivity contribution in [3.05, 3.63) is 69.0 Å². The van der Waals surface area contributed by atoms with Gasteiger partial charge in [-0.3, -0.25) is 9.59 Å². The number of benzene rings is 2. The number of fused-ring (bicyclic) bond motifs is 2. The average molecular weight is 421 g/mol. The molecule has 1 aliphatic heterocycles. The van der Waals surface area contributed by atoms with Gasteiger partial charge in [0.05, 0.1) is 25.8 Å². The monoisotopic (exact) mass is 420 g/mol. The van der Waals surface area contributed by atoms with Crippen LogP contribution in [0.25, 0.3) is 10.9 Å². The number of H-pyrrole nitrogens is 1. The molecule has 6 nitrogen and oxygen atoms in total. The van der Waals surface area contributed by atoms with Crippen molar-refractivity contribution in [2.24, 2.45) is 5.92 Å². The number of hydrogen-bond donors (Lipinski definition) is 1. The number of carbonyl (C=O) groups excluding carboxylic acids is 1. The highest BCUT2D eigenvalue weighted by Crippen LogP contribution is 2.41. The number of methoxy groups -OCH3 is 2. The zero-order valence-electron chi connectivity index (χ0n) is 18.6. The molecule has 1 atom stereocenters. The molecular weight excluding hydrogens is 392 g/mol. The zero-order valence-corrected chi connectivity index (χ0v) is 18.6. The lowest BCUT2D eigenvalue weighted by atomic mass is 9.87. The van der Waals surface area contributed by atoms with Crippen molar-refractivity contribution in [1.29, 1.82) is 0 Å². The van der Waals surface area contributed by atoms with Crippen molar-refractivity contribution in [1.82, 2.24) is 9.88 Å². The van der Waals surface area contributed by atoms with Crippen LogP contribution >= 0.6 is 0 Å². The molecule has 0 saturated carbocycles. The van der Waals surface area contributed by atoms with E-state index in [9.17, 15) is 9.59 Å².